The maximum Gasteiger partial charge on any atom is 0.264 e. The van der Waals surface area contributed by atoms with Crippen molar-refractivity contribution in [1.29, 1.82) is 0 Å². The quantitative estimate of drug-likeness (QED) is 0.482. The topological polar surface area (TPSA) is 66.5 Å². The summed E-state index contributed by atoms with van der Waals surface area (Å²) < 4.78 is 27.6. The number of carbonyl (C=O) groups is 1. The molecule has 0 fully saturated rings. The molecular formula is C21H17Cl3N2O3S. The van der Waals surface area contributed by atoms with E-state index in [1.54, 1.807) is 42.5 Å². The number of nitrogens with one attached hydrogen (secondary N) is 1. The van der Waals surface area contributed by atoms with Crippen molar-refractivity contribution >= 4 is 62.1 Å². The zero-order valence-electron chi connectivity index (χ0n) is 15.8. The molecule has 156 valence electrons. The van der Waals surface area contributed by atoms with Crippen LogP contribution in [0.5, 0.6) is 0 Å². The molecule has 0 atom stereocenters. The molecule has 0 saturated carbocycles. The maximum atomic E-state index is 13.3. The van der Waals surface area contributed by atoms with Crippen molar-refractivity contribution in [3.63, 3.8) is 0 Å². The fourth-order valence-corrected chi connectivity index (χ4v) is 4.72. The Hall–Kier alpha value is -2.25. The minimum atomic E-state index is -4.05. The van der Waals surface area contributed by atoms with Crippen LogP contribution in [0.1, 0.15) is 5.56 Å². The largest absolute Gasteiger partial charge is 0.324 e. The van der Waals surface area contributed by atoms with Crippen LogP contribution in [0.2, 0.25) is 15.1 Å². The summed E-state index contributed by atoms with van der Waals surface area (Å²) in [6.07, 6.45) is 0. The third kappa shape index (κ3) is 5.08. The summed E-state index contributed by atoms with van der Waals surface area (Å²) in [5, 5.41) is 3.45. The van der Waals surface area contributed by atoms with Gasteiger partial charge in [0.25, 0.3) is 10.0 Å². The lowest BCUT2D eigenvalue weighted by molar-refractivity contribution is -0.114. The summed E-state index contributed by atoms with van der Waals surface area (Å²) in [5.41, 5.74) is 1.50. The molecule has 5 nitrogen and oxygen atoms in total. The van der Waals surface area contributed by atoms with Gasteiger partial charge in [0, 0.05) is 5.69 Å². The number of benzene rings is 3. The number of carbonyl (C=O) groups excluding carboxylic acids is 1. The highest BCUT2D eigenvalue weighted by Crippen LogP contribution is 2.31. The van der Waals surface area contributed by atoms with Gasteiger partial charge in [0.1, 0.15) is 6.54 Å². The van der Waals surface area contributed by atoms with E-state index in [0.29, 0.717) is 10.7 Å². The van der Waals surface area contributed by atoms with E-state index < -0.39 is 22.5 Å². The number of sulfonamides is 1. The number of hydrogen-bond donors (Lipinski definition) is 1. The maximum absolute atomic E-state index is 13.3. The minimum absolute atomic E-state index is 0.0513. The molecule has 0 unspecified atom stereocenters. The lowest BCUT2D eigenvalue weighted by Crippen LogP contribution is -2.38. The molecular weight excluding hydrogens is 467 g/mol. The fraction of sp³-hybridized carbons (Fsp3) is 0.0952. The Balaban J connectivity index is 1.95. The van der Waals surface area contributed by atoms with Gasteiger partial charge in [0.2, 0.25) is 5.91 Å². The predicted octanol–water partition coefficient (Wildman–Crippen LogP) is 5.79. The Morgan fingerprint density at radius 2 is 1.57 bits per heavy atom. The van der Waals surface area contributed by atoms with Crippen molar-refractivity contribution in [3.05, 3.63) is 87.4 Å². The standard InChI is InChI=1S/C21H17Cl3N2O3S/c1-14-6-9-16(10-7-14)30(28,29)26(20-5-3-2-4-18(20)23)13-21(27)25-15-8-11-17(22)19(24)12-15/h2-12H,13H2,1H3,(H,25,27). The second-order valence-electron chi connectivity index (χ2n) is 6.45. The molecule has 30 heavy (non-hydrogen) atoms. The highest BCUT2D eigenvalue weighted by Gasteiger charge is 2.28. The smallest absolute Gasteiger partial charge is 0.264 e. The lowest BCUT2D eigenvalue weighted by atomic mass is 10.2. The average molecular weight is 484 g/mol. The Morgan fingerprint density at radius 1 is 0.900 bits per heavy atom. The first kappa shape index (κ1) is 22.4. The molecule has 0 bridgehead atoms. The monoisotopic (exact) mass is 482 g/mol. The summed E-state index contributed by atoms with van der Waals surface area (Å²) in [6, 6.07) is 17.4. The zero-order valence-corrected chi connectivity index (χ0v) is 18.9. The van der Waals surface area contributed by atoms with Gasteiger partial charge in [0.15, 0.2) is 0 Å². The number of nitrogens with zero attached hydrogens (tertiary/aromatic N) is 1. The molecule has 0 aliphatic heterocycles. The van der Waals surface area contributed by atoms with Gasteiger partial charge in [-0.15, -0.1) is 0 Å². The Morgan fingerprint density at radius 3 is 2.20 bits per heavy atom. The van der Waals surface area contributed by atoms with Crippen molar-refractivity contribution in [2.75, 3.05) is 16.2 Å². The van der Waals surface area contributed by atoms with Crippen LogP contribution in [0.15, 0.2) is 71.6 Å². The first-order valence-corrected chi connectivity index (χ1v) is 11.3. The van der Waals surface area contributed by atoms with Gasteiger partial charge in [-0.3, -0.25) is 9.10 Å². The molecule has 0 heterocycles. The van der Waals surface area contributed by atoms with Crippen molar-refractivity contribution in [3.8, 4) is 0 Å². The zero-order chi connectivity index (χ0) is 21.9. The van der Waals surface area contributed by atoms with Crippen molar-refractivity contribution in [2.24, 2.45) is 0 Å². The van der Waals surface area contributed by atoms with E-state index in [0.717, 1.165) is 9.87 Å². The number of halogens is 3. The van der Waals surface area contributed by atoms with E-state index in [1.807, 2.05) is 6.92 Å². The summed E-state index contributed by atoms with van der Waals surface area (Å²) >= 11 is 18.1. The first-order valence-electron chi connectivity index (χ1n) is 8.77. The van der Waals surface area contributed by atoms with Crippen LogP contribution in [-0.2, 0) is 14.8 Å². The van der Waals surface area contributed by atoms with Crippen molar-refractivity contribution in [2.45, 2.75) is 11.8 Å². The third-order valence-electron chi connectivity index (χ3n) is 4.22. The van der Waals surface area contributed by atoms with E-state index >= 15 is 0 Å². The van der Waals surface area contributed by atoms with Crippen LogP contribution >= 0.6 is 34.8 Å². The van der Waals surface area contributed by atoms with Gasteiger partial charge < -0.3 is 5.32 Å². The van der Waals surface area contributed by atoms with Gasteiger partial charge in [-0.2, -0.15) is 0 Å². The second kappa shape index (κ2) is 9.27. The molecule has 0 saturated heterocycles. The van der Waals surface area contributed by atoms with E-state index in [4.69, 9.17) is 34.8 Å². The first-order chi connectivity index (χ1) is 14.2. The van der Waals surface area contributed by atoms with Gasteiger partial charge in [-0.1, -0.05) is 64.6 Å². The molecule has 0 aliphatic rings. The van der Waals surface area contributed by atoms with Crippen LogP contribution in [0.4, 0.5) is 11.4 Å². The lowest BCUT2D eigenvalue weighted by Gasteiger charge is -2.25. The van der Waals surface area contributed by atoms with E-state index in [-0.39, 0.29) is 20.6 Å². The van der Waals surface area contributed by atoms with Gasteiger partial charge in [0.05, 0.1) is 25.7 Å². The Labute approximate surface area is 190 Å². The van der Waals surface area contributed by atoms with Crippen LogP contribution in [0.3, 0.4) is 0 Å². The van der Waals surface area contributed by atoms with Crippen LogP contribution in [0.25, 0.3) is 0 Å². The molecule has 0 aromatic heterocycles. The number of hydrogen-bond acceptors (Lipinski definition) is 3. The fourth-order valence-electron chi connectivity index (χ4n) is 2.70. The summed E-state index contributed by atoms with van der Waals surface area (Å²) in [4.78, 5) is 12.8. The molecule has 0 spiro atoms. The molecule has 0 radical (unpaired) electrons. The predicted molar refractivity (Wildman–Crippen MR) is 122 cm³/mol. The molecule has 1 N–H and O–H groups in total. The van der Waals surface area contributed by atoms with E-state index in [2.05, 4.69) is 5.32 Å². The minimum Gasteiger partial charge on any atom is -0.324 e. The highest BCUT2D eigenvalue weighted by atomic mass is 35.5. The van der Waals surface area contributed by atoms with Gasteiger partial charge in [-0.25, -0.2) is 8.42 Å². The van der Waals surface area contributed by atoms with E-state index in [1.165, 1.54) is 24.3 Å². The number of para-hydroxylation sites is 1. The molecule has 0 aliphatic carbocycles. The third-order valence-corrected chi connectivity index (χ3v) is 7.05. The van der Waals surface area contributed by atoms with Gasteiger partial charge in [-0.05, 0) is 49.4 Å². The highest BCUT2D eigenvalue weighted by molar-refractivity contribution is 7.92. The normalized spacial score (nSPS) is 11.2. The molecule has 1 amide bonds. The van der Waals surface area contributed by atoms with E-state index in [9.17, 15) is 13.2 Å². The molecule has 3 aromatic carbocycles. The molecule has 9 heteroatoms. The summed E-state index contributed by atoms with van der Waals surface area (Å²) in [6.45, 7) is 1.37. The molecule has 3 rings (SSSR count). The second-order valence-corrected chi connectivity index (χ2v) is 9.54. The Bertz CT molecular complexity index is 1180. The van der Waals surface area contributed by atoms with Crippen molar-refractivity contribution < 1.29 is 13.2 Å². The number of aryl methyl sites for hydroxylation is 1. The average Bonchev–Trinajstić information content (AvgIpc) is 2.70. The Kier molecular flexibility index (Phi) is 6.93. The number of rotatable bonds is 6. The van der Waals surface area contributed by atoms with Gasteiger partial charge >= 0.3 is 0 Å². The van der Waals surface area contributed by atoms with Crippen LogP contribution < -0.4 is 9.62 Å². The summed E-state index contributed by atoms with van der Waals surface area (Å²) in [7, 11) is -4.05. The van der Waals surface area contributed by atoms with Crippen molar-refractivity contribution in [1.82, 2.24) is 0 Å². The van der Waals surface area contributed by atoms with Crippen LogP contribution in [-0.4, -0.2) is 20.9 Å². The SMILES string of the molecule is Cc1ccc(S(=O)(=O)N(CC(=O)Nc2ccc(Cl)c(Cl)c2)c2ccccc2Cl)cc1. The molecule has 3 aromatic rings. The van der Waals surface area contributed by atoms with Crippen LogP contribution in [0, 0.1) is 6.92 Å². The number of anilines is 2. The number of amides is 1. The summed E-state index contributed by atoms with van der Waals surface area (Å²) in [5.74, 6) is -0.566.